The molecule has 1 amide bonds. The largest absolute Gasteiger partial charge is 0.493 e. The van der Waals surface area contributed by atoms with Crippen LogP contribution in [-0.2, 0) is 4.79 Å². The first kappa shape index (κ1) is 19.5. The van der Waals surface area contributed by atoms with Crippen molar-refractivity contribution in [3.8, 4) is 11.5 Å². The van der Waals surface area contributed by atoms with E-state index in [2.05, 4.69) is 0 Å². The Bertz CT molecular complexity index is 633. The Morgan fingerprint density at radius 3 is 2.72 bits per heavy atom. The zero-order valence-electron chi connectivity index (χ0n) is 14.3. The summed E-state index contributed by atoms with van der Waals surface area (Å²) in [6.07, 6.45) is 2.67. The lowest BCUT2D eigenvalue weighted by molar-refractivity contribution is -0.128. The molecule has 1 aliphatic carbocycles. The first-order valence-electron chi connectivity index (χ1n) is 8.23. The lowest BCUT2D eigenvalue weighted by atomic mass is 10.1. The first-order chi connectivity index (χ1) is 12.0. The summed E-state index contributed by atoms with van der Waals surface area (Å²) in [5.41, 5.74) is 0.631. The Balaban J connectivity index is 2.14. The zero-order chi connectivity index (χ0) is 18.4. The lowest BCUT2D eigenvalue weighted by Gasteiger charge is -2.20. The van der Waals surface area contributed by atoms with Crippen LogP contribution >= 0.6 is 11.6 Å². The second kappa shape index (κ2) is 9.04. The van der Waals surface area contributed by atoms with E-state index in [1.165, 1.54) is 18.1 Å². The van der Waals surface area contributed by atoms with Crippen LogP contribution in [0.5, 0.6) is 11.5 Å². The molecule has 1 saturated carbocycles. The van der Waals surface area contributed by atoms with Gasteiger partial charge in [0.2, 0.25) is 5.91 Å². The van der Waals surface area contributed by atoms with Gasteiger partial charge >= 0.3 is 0 Å². The topological polar surface area (TPSA) is 38.8 Å². The van der Waals surface area contributed by atoms with Gasteiger partial charge in [0, 0.05) is 12.1 Å². The Labute approximate surface area is 151 Å². The highest BCUT2D eigenvalue weighted by molar-refractivity contribution is 6.32. The molecular weight excluding hydrogens is 352 g/mol. The monoisotopic (exact) mass is 373 g/mol. The minimum absolute atomic E-state index is 0.0749. The number of amides is 1. The van der Waals surface area contributed by atoms with Gasteiger partial charge in [-0.3, -0.25) is 4.79 Å². The Morgan fingerprint density at radius 2 is 2.16 bits per heavy atom. The molecule has 0 radical (unpaired) electrons. The van der Waals surface area contributed by atoms with Crippen LogP contribution in [0.15, 0.2) is 18.2 Å². The zero-order valence-corrected chi connectivity index (χ0v) is 15.1. The number of carbonyl (C=O) groups excluding carboxylic acids is 1. The summed E-state index contributed by atoms with van der Waals surface area (Å²) >= 11 is 6.22. The van der Waals surface area contributed by atoms with E-state index in [0.29, 0.717) is 28.7 Å². The fourth-order valence-electron chi connectivity index (χ4n) is 2.40. The maximum atomic E-state index is 12.6. The van der Waals surface area contributed by atoms with Crippen molar-refractivity contribution in [3.05, 3.63) is 28.8 Å². The number of rotatable bonds is 9. The molecule has 0 bridgehead atoms. The third-order valence-corrected chi connectivity index (χ3v) is 4.01. The van der Waals surface area contributed by atoms with Crippen molar-refractivity contribution in [2.24, 2.45) is 0 Å². The van der Waals surface area contributed by atoms with Crippen LogP contribution in [0.4, 0.5) is 8.78 Å². The molecule has 1 aromatic rings. The van der Waals surface area contributed by atoms with Gasteiger partial charge in [-0.25, -0.2) is 8.78 Å². The number of methoxy groups -OCH3 is 1. The summed E-state index contributed by atoms with van der Waals surface area (Å²) < 4.78 is 36.1. The molecule has 0 atom stereocenters. The standard InChI is InChI=1S/C18H22ClF2NO3/c1-3-8-25-18-14(19)9-12(10-15(18)24-2)4-7-17(23)22(11-16(20)21)13-5-6-13/h4,7,9-10,13,16H,3,5-6,8,11H2,1-2H3/b7-4+. The van der Waals surface area contributed by atoms with Crippen molar-refractivity contribution >= 4 is 23.6 Å². The molecule has 25 heavy (non-hydrogen) atoms. The van der Waals surface area contributed by atoms with E-state index < -0.39 is 18.9 Å². The molecule has 0 N–H and O–H groups in total. The van der Waals surface area contributed by atoms with E-state index in [1.807, 2.05) is 6.92 Å². The number of nitrogens with zero attached hydrogens (tertiary/aromatic N) is 1. The van der Waals surface area contributed by atoms with Crippen molar-refractivity contribution in [2.75, 3.05) is 20.3 Å². The van der Waals surface area contributed by atoms with Gasteiger partial charge in [0.15, 0.2) is 11.5 Å². The van der Waals surface area contributed by atoms with E-state index in [-0.39, 0.29) is 6.04 Å². The van der Waals surface area contributed by atoms with E-state index in [0.717, 1.165) is 19.3 Å². The maximum absolute atomic E-state index is 12.6. The van der Waals surface area contributed by atoms with Gasteiger partial charge in [-0.15, -0.1) is 0 Å². The summed E-state index contributed by atoms with van der Waals surface area (Å²) in [6.45, 7) is 1.95. The smallest absolute Gasteiger partial charge is 0.255 e. The van der Waals surface area contributed by atoms with Gasteiger partial charge in [0.25, 0.3) is 6.43 Å². The minimum Gasteiger partial charge on any atom is -0.493 e. The highest BCUT2D eigenvalue weighted by atomic mass is 35.5. The number of hydrogen-bond acceptors (Lipinski definition) is 3. The molecule has 0 saturated heterocycles. The quantitative estimate of drug-likeness (QED) is 0.602. The van der Waals surface area contributed by atoms with E-state index in [4.69, 9.17) is 21.1 Å². The predicted molar refractivity (Wildman–Crippen MR) is 93.6 cm³/mol. The SMILES string of the molecule is CCCOc1c(Cl)cc(/C=C/C(=O)N(CC(F)F)C2CC2)cc1OC. The summed E-state index contributed by atoms with van der Waals surface area (Å²) in [4.78, 5) is 13.4. The van der Waals surface area contributed by atoms with Crippen molar-refractivity contribution in [1.29, 1.82) is 0 Å². The molecule has 1 aliphatic rings. The highest BCUT2D eigenvalue weighted by Gasteiger charge is 2.33. The van der Waals surface area contributed by atoms with Crippen LogP contribution in [-0.4, -0.2) is 43.5 Å². The fourth-order valence-corrected chi connectivity index (χ4v) is 2.67. The minimum atomic E-state index is -2.54. The van der Waals surface area contributed by atoms with Gasteiger partial charge in [-0.05, 0) is 43.0 Å². The van der Waals surface area contributed by atoms with Gasteiger partial charge in [-0.1, -0.05) is 18.5 Å². The molecule has 1 fully saturated rings. The van der Waals surface area contributed by atoms with Crippen LogP contribution < -0.4 is 9.47 Å². The van der Waals surface area contributed by atoms with Gasteiger partial charge < -0.3 is 14.4 Å². The predicted octanol–water partition coefficient (Wildman–Crippen LogP) is 4.41. The van der Waals surface area contributed by atoms with Crippen LogP contribution in [0, 0.1) is 0 Å². The first-order valence-corrected chi connectivity index (χ1v) is 8.61. The van der Waals surface area contributed by atoms with Crippen LogP contribution in [0.1, 0.15) is 31.7 Å². The number of carbonyl (C=O) groups is 1. The Kier molecular flexibility index (Phi) is 7.05. The number of halogens is 3. The van der Waals surface area contributed by atoms with Gasteiger partial charge in [0.1, 0.15) is 0 Å². The molecule has 138 valence electrons. The number of ether oxygens (including phenoxy) is 2. The molecule has 4 nitrogen and oxygen atoms in total. The lowest BCUT2D eigenvalue weighted by Crippen LogP contribution is -2.35. The Hall–Kier alpha value is -1.82. The molecule has 1 aromatic carbocycles. The van der Waals surface area contributed by atoms with Crippen LogP contribution in [0.2, 0.25) is 5.02 Å². The number of hydrogen-bond donors (Lipinski definition) is 0. The van der Waals surface area contributed by atoms with Crippen LogP contribution in [0.25, 0.3) is 6.08 Å². The van der Waals surface area contributed by atoms with Gasteiger partial charge in [-0.2, -0.15) is 0 Å². The third kappa shape index (κ3) is 5.59. The second-order valence-electron chi connectivity index (χ2n) is 5.83. The number of benzene rings is 1. The Morgan fingerprint density at radius 1 is 1.44 bits per heavy atom. The molecule has 7 heteroatoms. The summed E-state index contributed by atoms with van der Waals surface area (Å²) in [6, 6.07) is 3.26. The highest BCUT2D eigenvalue weighted by Crippen LogP contribution is 2.37. The molecule has 2 rings (SSSR count). The molecule has 0 aromatic heterocycles. The van der Waals surface area contributed by atoms with Crippen molar-refractivity contribution in [2.45, 2.75) is 38.7 Å². The molecule has 0 spiro atoms. The summed E-state index contributed by atoms with van der Waals surface area (Å²) in [5.74, 6) is 0.482. The van der Waals surface area contributed by atoms with E-state index in [9.17, 15) is 13.6 Å². The summed E-state index contributed by atoms with van der Waals surface area (Å²) in [7, 11) is 1.50. The van der Waals surface area contributed by atoms with Crippen molar-refractivity contribution < 1.29 is 23.0 Å². The summed E-state index contributed by atoms with van der Waals surface area (Å²) in [5, 5.41) is 0.367. The molecule has 0 heterocycles. The fraction of sp³-hybridized carbons (Fsp3) is 0.500. The average Bonchev–Trinajstić information content (AvgIpc) is 3.40. The van der Waals surface area contributed by atoms with Crippen molar-refractivity contribution in [3.63, 3.8) is 0 Å². The van der Waals surface area contributed by atoms with Crippen molar-refractivity contribution in [1.82, 2.24) is 4.90 Å². The molecule has 0 unspecified atom stereocenters. The van der Waals surface area contributed by atoms with Gasteiger partial charge in [0.05, 0.1) is 25.3 Å². The molecular formula is C18H22ClF2NO3. The molecule has 0 aliphatic heterocycles. The average molecular weight is 374 g/mol. The number of alkyl halides is 2. The third-order valence-electron chi connectivity index (χ3n) is 3.73. The normalized spacial score (nSPS) is 14.2. The maximum Gasteiger partial charge on any atom is 0.255 e. The van der Waals surface area contributed by atoms with E-state index >= 15 is 0 Å². The second-order valence-corrected chi connectivity index (χ2v) is 6.24. The van der Waals surface area contributed by atoms with E-state index in [1.54, 1.807) is 18.2 Å². The van der Waals surface area contributed by atoms with Crippen LogP contribution in [0.3, 0.4) is 0 Å².